The number of alkyl halides is 3. The number of hydrogen-bond donors (Lipinski definition) is 1. The van der Waals surface area contributed by atoms with Crippen molar-refractivity contribution in [2.24, 2.45) is 0 Å². The lowest BCUT2D eigenvalue weighted by Crippen LogP contribution is -2.47. The zero-order valence-corrected chi connectivity index (χ0v) is 21.9. The molecule has 3 aromatic carbocycles. The smallest absolute Gasteiger partial charge is 0.416 e. The van der Waals surface area contributed by atoms with Crippen molar-refractivity contribution in [1.29, 1.82) is 0 Å². The molecule has 0 bridgehead atoms. The van der Waals surface area contributed by atoms with Gasteiger partial charge in [-0.3, -0.25) is 9.10 Å². The lowest BCUT2D eigenvalue weighted by molar-refractivity contribution is -0.137. The Bertz CT molecular complexity index is 1390. The molecule has 1 aliphatic heterocycles. The Morgan fingerprint density at radius 2 is 1.66 bits per heavy atom. The van der Waals surface area contributed by atoms with Crippen LogP contribution in [0.25, 0.3) is 0 Å². The lowest BCUT2D eigenvalue weighted by atomic mass is 9.83. The predicted octanol–water partition coefficient (Wildman–Crippen LogP) is 6.10. The molecule has 0 unspecified atom stereocenters. The fourth-order valence-corrected chi connectivity index (χ4v) is 6.11. The molecule has 1 amide bonds. The first-order valence-electron chi connectivity index (χ1n) is 12.3. The number of fused-ring (bicyclic) bond motifs is 1. The van der Waals surface area contributed by atoms with Crippen LogP contribution in [0.2, 0.25) is 0 Å². The van der Waals surface area contributed by atoms with Crippen LogP contribution in [0.1, 0.15) is 50.3 Å². The van der Waals surface area contributed by atoms with Crippen LogP contribution in [0, 0.1) is 0 Å². The highest BCUT2D eigenvalue weighted by molar-refractivity contribution is 7.92. The van der Waals surface area contributed by atoms with E-state index < -0.39 is 45.9 Å². The summed E-state index contributed by atoms with van der Waals surface area (Å²) < 4.78 is 74.4. The molecule has 4 rings (SSSR count). The van der Waals surface area contributed by atoms with Crippen LogP contribution >= 0.6 is 0 Å². The molecule has 1 aliphatic rings. The molecule has 0 aliphatic carbocycles. The normalized spacial score (nSPS) is 16.7. The third-order valence-electron chi connectivity index (χ3n) is 6.90. The van der Waals surface area contributed by atoms with E-state index in [-0.39, 0.29) is 10.6 Å². The van der Waals surface area contributed by atoms with Gasteiger partial charge in [0.2, 0.25) is 5.91 Å². The molecule has 0 radical (unpaired) electrons. The van der Waals surface area contributed by atoms with E-state index in [1.807, 2.05) is 38.1 Å². The average molecular weight is 547 g/mol. The molecular formula is C28H29F3N2O4S. The molecule has 1 atom stereocenters. The number of anilines is 1. The maximum Gasteiger partial charge on any atom is 0.416 e. The minimum atomic E-state index is -4.68. The zero-order chi connectivity index (χ0) is 27.6. The number of nitrogens with zero attached hydrogens (tertiary/aromatic N) is 1. The van der Waals surface area contributed by atoms with Gasteiger partial charge < -0.3 is 10.1 Å². The van der Waals surface area contributed by atoms with Crippen LogP contribution in [0.5, 0.6) is 5.75 Å². The van der Waals surface area contributed by atoms with Crippen LogP contribution in [0.4, 0.5) is 18.9 Å². The molecule has 1 N–H and O–H groups in total. The zero-order valence-electron chi connectivity index (χ0n) is 21.0. The van der Waals surface area contributed by atoms with E-state index in [9.17, 15) is 26.4 Å². The standard InChI is InChI=1S/C28H29F3N2O4S/c1-3-27(4-2)18-24(23-15-8-9-16-25(23)37-27)32-26(34)19-33(38(35,36)22-13-6-5-7-14-22)21-12-10-11-20(17-21)28(29,30)31/h5-17,24H,3-4,18-19H2,1-2H3,(H,32,34)/t24-/m1/s1. The maximum atomic E-state index is 13.6. The van der Waals surface area contributed by atoms with Gasteiger partial charge in [-0.15, -0.1) is 0 Å². The van der Waals surface area contributed by atoms with Crippen LogP contribution in [0.15, 0.2) is 83.8 Å². The van der Waals surface area contributed by atoms with Crippen molar-refractivity contribution in [3.8, 4) is 5.75 Å². The Balaban J connectivity index is 1.69. The van der Waals surface area contributed by atoms with Gasteiger partial charge in [-0.1, -0.05) is 56.3 Å². The van der Waals surface area contributed by atoms with Gasteiger partial charge in [0, 0.05) is 12.0 Å². The number of rotatable bonds is 8. The number of sulfonamides is 1. The molecule has 6 nitrogen and oxygen atoms in total. The molecule has 0 saturated heterocycles. The number of benzene rings is 3. The number of hydrogen-bond acceptors (Lipinski definition) is 4. The summed E-state index contributed by atoms with van der Waals surface area (Å²) in [5, 5.41) is 2.92. The molecule has 10 heteroatoms. The number of carbonyl (C=O) groups excluding carboxylic acids is 1. The first kappa shape index (κ1) is 27.5. The van der Waals surface area contributed by atoms with Crippen molar-refractivity contribution in [2.75, 3.05) is 10.8 Å². The first-order valence-corrected chi connectivity index (χ1v) is 13.8. The molecule has 0 spiro atoms. The van der Waals surface area contributed by atoms with Crippen molar-refractivity contribution in [3.63, 3.8) is 0 Å². The highest BCUT2D eigenvalue weighted by Crippen LogP contribution is 2.42. The predicted molar refractivity (Wildman–Crippen MR) is 138 cm³/mol. The average Bonchev–Trinajstić information content (AvgIpc) is 2.91. The van der Waals surface area contributed by atoms with Gasteiger partial charge >= 0.3 is 6.18 Å². The Morgan fingerprint density at radius 3 is 2.32 bits per heavy atom. The number of carbonyl (C=O) groups is 1. The second-order valence-corrected chi connectivity index (χ2v) is 11.1. The van der Waals surface area contributed by atoms with Crippen molar-refractivity contribution in [3.05, 3.63) is 90.0 Å². The number of nitrogens with one attached hydrogen (secondary N) is 1. The van der Waals surface area contributed by atoms with Crippen molar-refractivity contribution >= 4 is 21.6 Å². The first-order chi connectivity index (χ1) is 18.0. The van der Waals surface area contributed by atoms with Gasteiger partial charge in [-0.05, 0) is 49.2 Å². The molecule has 0 aromatic heterocycles. The molecule has 38 heavy (non-hydrogen) atoms. The Kier molecular flexibility index (Phi) is 7.73. The summed E-state index contributed by atoms with van der Waals surface area (Å²) in [6.45, 7) is 3.29. The van der Waals surface area contributed by atoms with Crippen LogP contribution in [-0.2, 0) is 21.0 Å². The van der Waals surface area contributed by atoms with E-state index in [1.165, 1.54) is 30.3 Å². The number of ether oxygens (including phenoxy) is 1. The van der Waals surface area contributed by atoms with Crippen LogP contribution in [-0.4, -0.2) is 26.5 Å². The fraction of sp³-hybridized carbons (Fsp3) is 0.321. The highest BCUT2D eigenvalue weighted by Gasteiger charge is 2.39. The summed E-state index contributed by atoms with van der Waals surface area (Å²) in [6.07, 6.45) is -2.82. The van der Waals surface area contributed by atoms with Crippen LogP contribution < -0.4 is 14.4 Å². The van der Waals surface area contributed by atoms with Crippen molar-refractivity contribution in [1.82, 2.24) is 5.32 Å². The summed E-state index contributed by atoms with van der Waals surface area (Å²) in [4.78, 5) is 13.2. The van der Waals surface area contributed by atoms with Crippen molar-refractivity contribution in [2.45, 2.75) is 55.8 Å². The number of amides is 1. The molecule has 202 valence electrons. The monoisotopic (exact) mass is 546 g/mol. The van der Waals surface area contributed by atoms with E-state index in [0.29, 0.717) is 29.3 Å². The van der Waals surface area contributed by atoms with Crippen LogP contribution in [0.3, 0.4) is 0 Å². The summed E-state index contributed by atoms with van der Waals surface area (Å²) in [7, 11) is -4.36. The minimum absolute atomic E-state index is 0.141. The van der Waals surface area contributed by atoms with E-state index in [1.54, 1.807) is 6.07 Å². The molecular weight excluding hydrogens is 517 g/mol. The fourth-order valence-electron chi connectivity index (χ4n) is 4.67. The van der Waals surface area contributed by atoms with E-state index in [0.717, 1.165) is 23.8 Å². The van der Waals surface area contributed by atoms with E-state index in [4.69, 9.17) is 4.74 Å². The maximum absolute atomic E-state index is 13.6. The van der Waals surface area contributed by atoms with Gasteiger partial charge in [0.1, 0.15) is 17.9 Å². The topological polar surface area (TPSA) is 75.7 Å². The molecule has 0 saturated carbocycles. The summed E-state index contributed by atoms with van der Waals surface area (Å²) >= 11 is 0. The molecule has 0 fully saturated rings. The highest BCUT2D eigenvalue weighted by atomic mass is 32.2. The van der Waals surface area contributed by atoms with Crippen molar-refractivity contribution < 1.29 is 31.1 Å². The third kappa shape index (κ3) is 5.65. The second kappa shape index (κ2) is 10.7. The number of halogens is 3. The van der Waals surface area contributed by atoms with Gasteiger partial charge in [-0.2, -0.15) is 13.2 Å². The minimum Gasteiger partial charge on any atom is -0.487 e. The summed E-state index contributed by atoms with van der Waals surface area (Å²) in [6, 6.07) is 18.1. The lowest BCUT2D eigenvalue weighted by Gasteiger charge is -2.41. The van der Waals surface area contributed by atoms with Gasteiger partial charge in [-0.25, -0.2) is 8.42 Å². The molecule has 3 aromatic rings. The van der Waals surface area contributed by atoms with Gasteiger partial charge in [0.25, 0.3) is 10.0 Å². The van der Waals surface area contributed by atoms with Gasteiger partial charge in [0.05, 0.1) is 22.2 Å². The third-order valence-corrected chi connectivity index (χ3v) is 8.69. The van der Waals surface area contributed by atoms with E-state index >= 15 is 0 Å². The summed E-state index contributed by atoms with van der Waals surface area (Å²) in [5.41, 5.74) is -1.03. The second-order valence-electron chi connectivity index (χ2n) is 9.23. The summed E-state index contributed by atoms with van der Waals surface area (Å²) in [5.74, 6) is -0.0101. The quantitative estimate of drug-likeness (QED) is 0.371. The van der Waals surface area contributed by atoms with Gasteiger partial charge in [0.15, 0.2) is 0 Å². The Labute approximate surface area is 220 Å². The largest absolute Gasteiger partial charge is 0.487 e. The SMILES string of the molecule is CCC1(CC)C[C@@H](NC(=O)CN(c2cccc(C(F)(F)F)c2)S(=O)(=O)c2ccccc2)c2ccccc2O1. The molecule has 1 heterocycles. The Morgan fingerprint density at radius 1 is 1.00 bits per heavy atom. The Hall–Kier alpha value is -3.53. The van der Waals surface area contributed by atoms with E-state index in [2.05, 4.69) is 5.32 Å². The number of para-hydroxylation sites is 1.